The molecule has 9 nitrogen and oxygen atoms in total. The highest BCUT2D eigenvalue weighted by atomic mass is 16.5. The van der Waals surface area contributed by atoms with Crippen LogP contribution in [0.4, 0.5) is 5.69 Å². The van der Waals surface area contributed by atoms with E-state index in [1.54, 1.807) is 22.8 Å². The zero-order valence-corrected chi connectivity index (χ0v) is 18.1. The van der Waals surface area contributed by atoms with Crippen molar-refractivity contribution in [3.63, 3.8) is 0 Å². The molecule has 1 aromatic heterocycles. The van der Waals surface area contributed by atoms with E-state index in [1.165, 1.54) is 0 Å². The fourth-order valence-electron chi connectivity index (χ4n) is 4.02. The van der Waals surface area contributed by atoms with Gasteiger partial charge >= 0.3 is 0 Å². The predicted molar refractivity (Wildman–Crippen MR) is 115 cm³/mol. The maximum atomic E-state index is 12.9. The Balaban J connectivity index is 1.35. The lowest BCUT2D eigenvalue weighted by atomic mass is 10.2. The molecule has 2 aliphatic heterocycles. The summed E-state index contributed by atoms with van der Waals surface area (Å²) in [6, 6.07) is 9.68. The Morgan fingerprint density at radius 2 is 1.74 bits per heavy atom. The molecule has 0 N–H and O–H groups in total. The summed E-state index contributed by atoms with van der Waals surface area (Å²) in [5, 5.41) is 4.42. The molecule has 31 heavy (non-hydrogen) atoms. The summed E-state index contributed by atoms with van der Waals surface area (Å²) in [6.07, 6.45) is 0. The normalized spacial score (nSPS) is 17.0. The number of carbonyl (C=O) groups is 2. The number of piperazine rings is 1. The number of methoxy groups -OCH3 is 1. The van der Waals surface area contributed by atoms with Gasteiger partial charge in [0.2, 0.25) is 5.91 Å². The largest absolute Gasteiger partial charge is 0.495 e. The fraction of sp³-hybridized carbons (Fsp3) is 0.500. The van der Waals surface area contributed by atoms with Gasteiger partial charge in [0.05, 0.1) is 26.0 Å². The molecular weight excluding hydrogens is 398 g/mol. The third-order valence-electron chi connectivity index (χ3n) is 5.84. The zero-order chi connectivity index (χ0) is 21.8. The molecule has 0 saturated carbocycles. The number of anilines is 1. The first-order valence-corrected chi connectivity index (χ1v) is 10.6. The molecule has 4 rings (SSSR count). The van der Waals surface area contributed by atoms with Crippen molar-refractivity contribution in [3.8, 4) is 5.75 Å². The average molecular weight is 428 g/mol. The van der Waals surface area contributed by atoms with E-state index in [9.17, 15) is 9.59 Å². The summed E-state index contributed by atoms with van der Waals surface area (Å²) in [5.74, 6) is 0.742. The molecule has 3 heterocycles. The molecule has 2 amide bonds. The zero-order valence-electron chi connectivity index (χ0n) is 18.1. The second-order valence-electron chi connectivity index (χ2n) is 7.77. The first-order chi connectivity index (χ1) is 15.1. The molecule has 2 fully saturated rings. The van der Waals surface area contributed by atoms with Crippen LogP contribution < -0.4 is 9.64 Å². The van der Waals surface area contributed by atoms with Gasteiger partial charge in [-0.1, -0.05) is 12.1 Å². The predicted octanol–water partition coefficient (Wildman–Crippen LogP) is 1.02. The van der Waals surface area contributed by atoms with Crippen molar-refractivity contribution >= 4 is 17.5 Å². The Hall–Kier alpha value is -3.07. The molecule has 2 saturated heterocycles. The van der Waals surface area contributed by atoms with Crippen molar-refractivity contribution in [3.05, 3.63) is 41.7 Å². The van der Waals surface area contributed by atoms with E-state index in [4.69, 9.17) is 9.47 Å². The van der Waals surface area contributed by atoms with Gasteiger partial charge in [-0.3, -0.25) is 14.3 Å². The van der Waals surface area contributed by atoms with Crippen LogP contribution in [0.3, 0.4) is 0 Å². The summed E-state index contributed by atoms with van der Waals surface area (Å²) in [7, 11) is 1.67. The van der Waals surface area contributed by atoms with Crippen molar-refractivity contribution in [1.29, 1.82) is 0 Å². The molecule has 2 aromatic rings. The van der Waals surface area contributed by atoms with E-state index in [0.717, 1.165) is 30.2 Å². The van der Waals surface area contributed by atoms with Crippen LogP contribution in [0, 0.1) is 6.92 Å². The van der Waals surface area contributed by atoms with E-state index < -0.39 is 0 Å². The topological polar surface area (TPSA) is 80.1 Å². The van der Waals surface area contributed by atoms with Gasteiger partial charge in [0.25, 0.3) is 5.91 Å². The molecule has 2 aliphatic rings. The third kappa shape index (κ3) is 4.66. The van der Waals surface area contributed by atoms with E-state index in [2.05, 4.69) is 10.00 Å². The van der Waals surface area contributed by atoms with Crippen molar-refractivity contribution in [1.82, 2.24) is 19.6 Å². The van der Waals surface area contributed by atoms with Gasteiger partial charge in [-0.25, -0.2) is 0 Å². The van der Waals surface area contributed by atoms with Crippen LogP contribution >= 0.6 is 0 Å². The SMILES string of the molecule is COc1ccccc1N1CCN(C(=O)Cn2nc(C(=O)N3CCOCC3)cc2C)CC1. The number of aromatic nitrogens is 2. The second kappa shape index (κ2) is 9.38. The lowest BCUT2D eigenvalue weighted by Crippen LogP contribution is -2.49. The molecular formula is C22H29N5O4. The maximum Gasteiger partial charge on any atom is 0.274 e. The van der Waals surface area contributed by atoms with E-state index in [0.29, 0.717) is 45.1 Å². The highest BCUT2D eigenvalue weighted by Gasteiger charge is 2.25. The average Bonchev–Trinajstić information content (AvgIpc) is 3.19. The van der Waals surface area contributed by atoms with Crippen LogP contribution in [-0.2, 0) is 16.1 Å². The third-order valence-corrected chi connectivity index (χ3v) is 5.84. The number of hydrogen-bond acceptors (Lipinski definition) is 6. The Kier molecular flexibility index (Phi) is 6.41. The minimum Gasteiger partial charge on any atom is -0.495 e. The molecule has 0 spiro atoms. The van der Waals surface area contributed by atoms with Crippen molar-refractivity contribution in [2.45, 2.75) is 13.5 Å². The summed E-state index contributed by atoms with van der Waals surface area (Å²) in [5.41, 5.74) is 2.23. The number of morpholine rings is 1. The van der Waals surface area contributed by atoms with Gasteiger partial charge in [0.1, 0.15) is 12.3 Å². The second-order valence-corrected chi connectivity index (χ2v) is 7.77. The lowest BCUT2D eigenvalue weighted by Gasteiger charge is -2.36. The van der Waals surface area contributed by atoms with Crippen LogP contribution in [-0.4, -0.2) is 91.0 Å². The number of benzene rings is 1. The minimum atomic E-state index is -0.108. The van der Waals surface area contributed by atoms with E-state index >= 15 is 0 Å². The van der Waals surface area contributed by atoms with Gasteiger partial charge in [0.15, 0.2) is 5.69 Å². The van der Waals surface area contributed by atoms with Gasteiger partial charge < -0.3 is 24.2 Å². The van der Waals surface area contributed by atoms with Crippen molar-refractivity contribution < 1.29 is 19.1 Å². The van der Waals surface area contributed by atoms with Gasteiger partial charge in [-0.2, -0.15) is 5.10 Å². The van der Waals surface area contributed by atoms with Crippen molar-refractivity contribution in [2.24, 2.45) is 0 Å². The summed E-state index contributed by atoms with van der Waals surface area (Å²) in [6.45, 7) is 6.99. The van der Waals surface area contributed by atoms with E-state index in [1.807, 2.05) is 36.1 Å². The maximum absolute atomic E-state index is 12.9. The van der Waals surface area contributed by atoms with Crippen LogP contribution in [0.15, 0.2) is 30.3 Å². The molecule has 1 aromatic carbocycles. The highest BCUT2D eigenvalue weighted by molar-refractivity contribution is 5.92. The number of nitrogens with zero attached hydrogens (tertiary/aromatic N) is 5. The minimum absolute atomic E-state index is 0.0104. The number of hydrogen-bond donors (Lipinski definition) is 0. The summed E-state index contributed by atoms with van der Waals surface area (Å²) >= 11 is 0. The summed E-state index contributed by atoms with van der Waals surface area (Å²) in [4.78, 5) is 31.4. The molecule has 9 heteroatoms. The Morgan fingerprint density at radius 3 is 2.45 bits per heavy atom. The van der Waals surface area contributed by atoms with Gasteiger partial charge in [0, 0.05) is 45.0 Å². The molecule has 0 bridgehead atoms. The number of amides is 2. The summed E-state index contributed by atoms with van der Waals surface area (Å²) < 4.78 is 12.4. The molecule has 0 unspecified atom stereocenters. The fourth-order valence-corrected chi connectivity index (χ4v) is 4.02. The lowest BCUT2D eigenvalue weighted by molar-refractivity contribution is -0.132. The van der Waals surface area contributed by atoms with E-state index in [-0.39, 0.29) is 18.4 Å². The molecule has 166 valence electrons. The quantitative estimate of drug-likeness (QED) is 0.709. The van der Waals surface area contributed by atoms with Gasteiger partial charge in [-0.05, 0) is 25.1 Å². The Labute approximate surface area is 182 Å². The van der Waals surface area contributed by atoms with Crippen LogP contribution in [0.2, 0.25) is 0 Å². The Bertz CT molecular complexity index is 930. The number of ether oxygens (including phenoxy) is 2. The van der Waals surface area contributed by atoms with Crippen LogP contribution in [0.1, 0.15) is 16.2 Å². The molecule has 0 atom stereocenters. The standard InChI is InChI=1S/C22H29N5O4/c1-17-15-18(22(29)26-11-13-31-14-12-26)23-27(17)16-21(28)25-9-7-24(8-10-25)19-5-3-4-6-20(19)30-2/h3-6,15H,7-14,16H2,1-2H3. The highest BCUT2D eigenvalue weighted by Crippen LogP contribution is 2.28. The number of rotatable bonds is 5. The number of para-hydroxylation sites is 2. The number of aryl methyl sites for hydroxylation is 1. The number of carbonyl (C=O) groups excluding carboxylic acids is 2. The van der Waals surface area contributed by atoms with Crippen LogP contribution in [0.25, 0.3) is 0 Å². The van der Waals surface area contributed by atoms with Crippen LogP contribution in [0.5, 0.6) is 5.75 Å². The molecule has 0 aliphatic carbocycles. The smallest absolute Gasteiger partial charge is 0.274 e. The van der Waals surface area contributed by atoms with Crippen molar-refractivity contribution in [2.75, 3.05) is 64.5 Å². The molecule has 0 radical (unpaired) electrons. The monoisotopic (exact) mass is 427 g/mol. The first-order valence-electron chi connectivity index (χ1n) is 10.6. The Morgan fingerprint density at radius 1 is 1.03 bits per heavy atom. The first kappa shape index (κ1) is 21.2. The van der Waals surface area contributed by atoms with Gasteiger partial charge in [-0.15, -0.1) is 0 Å².